The van der Waals surface area contributed by atoms with Gasteiger partial charge in [-0.1, -0.05) is 0 Å². The molecule has 3 nitrogen and oxygen atoms in total. The molecule has 17 heavy (non-hydrogen) atoms. The molecule has 0 radical (unpaired) electrons. The van der Waals surface area contributed by atoms with Crippen LogP contribution >= 0.6 is 15.9 Å². The molecule has 2 heterocycles. The summed E-state index contributed by atoms with van der Waals surface area (Å²) in [6.45, 7) is 0. The number of pyridine rings is 2. The first-order valence-electron chi connectivity index (χ1n) is 4.91. The molecule has 0 N–H and O–H groups in total. The van der Waals surface area contributed by atoms with Gasteiger partial charge in [-0.15, -0.1) is 0 Å². The summed E-state index contributed by atoms with van der Waals surface area (Å²) in [5.74, 6) is -0.979. The van der Waals surface area contributed by atoms with E-state index in [0.717, 1.165) is 4.47 Å². The van der Waals surface area contributed by atoms with Gasteiger partial charge in [-0.3, -0.25) is 14.8 Å². The molecule has 0 aliphatic heterocycles. The van der Waals surface area contributed by atoms with Gasteiger partial charge in [-0.2, -0.15) is 0 Å². The maximum atomic E-state index is 13.3. The van der Waals surface area contributed by atoms with E-state index >= 15 is 0 Å². The maximum Gasteiger partial charge on any atom is 0.190 e. The maximum absolute atomic E-state index is 13.3. The molecule has 86 valence electrons. The number of hydrogen-bond acceptors (Lipinski definition) is 3. The van der Waals surface area contributed by atoms with E-state index in [1.165, 1.54) is 18.3 Å². The number of ketones is 1. The lowest BCUT2D eigenvalue weighted by Gasteiger charge is -2.01. The molecule has 0 atom stereocenters. The normalized spacial score (nSPS) is 10.2. The first-order valence-corrected chi connectivity index (χ1v) is 5.70. The molecule has 0 unspecified atom stereocenters. The van der Waals surface area contributed by atoms with E-state index < -0.39 is 5.82 Å². The molecule has 0 saturated heterocycles. The fraction of sp³-hybridized carbons (Fsp3) is 0.0833. The van der Waals surface area contributed by atoms with Gasteiger partial charge in [0.1, 0.15) is 5.69 Å². The van der Waals surface area contributed by atoms with E-state index in [1.54, 1.807) is 18.3 Å². The second-order valence-corrected chi connectivity index (χ2v) is 4.32. The third-order valence-electron chi connectivity index (χ3n) is 2.15. The Kier molecular flexibility index (Phi) is 3.58. The highest BCUT2D eigenvalue weighted by molar-refractivity contribution is 9.10. The van der Waals surface area contributed by atoms with Gasteiger partial charge in [-0.05, 0) is 40.2 Å². The number of aromatic nitrogens is 2. The van der Waals surface area contributed by atoms with E-state index in [0.29, 0.717) is 5.69 Å². The van der Waals surface area contributed by atoms with Crippen LogP contribution in [0.3, 0.4) is 0 Å². The molecule has 5 heteroatoms. The average molecular weight is 295 g/mol. The topological polar surface area (TPSA) is 42.9 Å². The Morgan fingerprint density at radius 3 is 2.76 bits per heavy atom. The van der Waals surface area contributed by atoms with Crippen LogP contribution in [0.15, 0.2) is 41.1 Å². The highest BCUT2D eigenvalue weighted by atomic mass is 79.9. The standard InChI is InChI=1S/C12H8BrFN2O/c13-8-3-4-9(16-7-8)6-11(17)12-10(14)2-1-5-15-12/h1-5,7H,6H2. The van der Waals surface area contributed by atoms with E-state index in [1.807, 2.05) is 0 Å². The van der Waals surface area contributed by atoms with Crippen molar-refractivity contribution in [2.75, 3.05) is 0 Å². The minimum absolute atomic E-state index is 0.0429. The molecule has 2 aromatic heterocycles. The van der Waals surface area contributed by atoms with Gasteiger partial charge in [0.2, 0.25) is 0 Å². The summed E-state index contributed by atoms with van der Waals surface area (Å²) in [7, 11) is 0. The number of halogens is 2. The van der Waals surface area contributed by atoms with Crippen LogP contribution in [0.4, 0.5) is 4.39 Å². The fourth-order valence-electron chi connectivity index (χ4n) is 1.35. The van der Waals surface area contributed by atoms with Crippen LogP contribution in [-0.4, -0.2) is 15.8 Å². The Morgan fingerprint density at radius 1 is 1.29 bits per heavy atom. The quantitative estimate of drug-likeness (QED) is 0.818. The zero-order chi connectivity index (χ0) is 12.3. The minimum Gasteiger partial charge on any atom is -0.292 e. The number of carbonyl (C=O) groups excluding carboxylic acids is 1. The van der Waals surface area contributed by atoms with Crippen molar-refractivity contribution in [3.63, 3.8) is 0 Å². The molecular weight excluding hydrogens is 287 g/mol. The summed E-state index contributed by atoms with van der Waals surface area (Å²) in [6.07, 6.45) is 3.03. The van der Waals surface area contributed by atoms with E-state index in [4.69, 9.17) is 0 Å². The van der Waals surface area contributed by atoms with Crippen LogP contribution in [0.5, 0.6) is 0 Å². The summed E-state index contributed by atoms with van der Waals surface area (Å²) in [6, 6.07) is 6.16. The Labute approximate surface area is 106 Å². The van der Waals surface area contributed by atoms with Crippen LogP contribution in [0.25, 0.3) is 0 Å². The predicted octanol–water partition coefficient (Wildman–Crippen LogP) is 2.80. The van der Waals surface area contributed by atoms with E-state index in [9.17, 15) is 9.18 Å². The lowest BCUT2D eigenvalue weighted by molar-refractivity contribution is 0.0983. The third kappa shape index (κ3) is 2.94. The van der Waals surface area contributed by atoms with Gasteiger partial charge >= 0.3 is 0 Å². The summed E-state index contributed by atoms with van der Waals surface area (Å²) in [5, 5.41) is 0. The van der Waals surface area contributed by atoms with Crippen molar-refractivity contribution >= 4 is 21.7 Å². The molecule has 0 saturated carbocycles. The first-order chi connectivity index (χ1) is 8.16. The van der Waals surface area contributed by atoms with Gasteiger partial charge in [0.05, 0.1) is 6.42 Å². The van der Waals surface area contributed by atoms with Crippen LogP contribution in [0.2, 0.25) is 0 Å². The molecule has 2 rings (SSSR count). The predicted molar refractivity (Wildman–Crippen MR) is 64.2 cm³/mol. The summed E-state index contributed by atoms with van der Waals surface area (Å²) < 4.78 is 14.1. The van der Waals surface area contributed by atoms with Crippen molar-refractivity contribution in [1.82, 2.24) is 9.97 Å². The van der Waals surface area contributed by atoms with Gasteiger partial charge < -0.3 is 0 Å². The fourth-order valence-corrected chi connectivity index (χ4v) is 1.58. The van der Waals surface area contributed by atoms with Gasteiger partial charge in [0.15, 0.2) is 11.6 Å². The van der Waals surface area contributed by atoms with E-state index in [-0.39, 0.29) is 17.9 Å². The van der Waals surface area contributed by atoms with E-state index in [2.05, 4.69) is 25.9 Å². The molecular formula is C12H8BrFN2O. The highest BCUT2D eigenvalue weighted by Crippen LogP contribution is 2.10. The van der Waals surface area contributed by atoms with Crippen LogP contribution in [0.1, 0.15) is 16.2 Å². The number of rotatable bonds is 3. The largest absolute Gasteiger partial charge is 0.292 e. The number of Topliss-reactive ketones (excluding diaryl/α,β-unsaturated/α-hetero) is 1. The molecule has 0 spiro atoms. The Bertz CT molecular complexity index is 542. The molecule has 0 amide bonds. The second-order valence-electron chi connectivity index (χ2n) is 3.40. The molecule has 2 aromatic rings. The van der Waals surface area contributed by atoms with Gasteiger partial charge in [0.25, 0.3) is 0 Å². The summed E-state index contributed by atoms with van der Waals surface area (Å²) in [4.78, 5) is 19.6. The minimum atomic E-state index is -0.602. The Morgan fingerprint density at radius 2 is 2.12 bits per heavy atom. The number of carbonyl (C=O) groups is 1. The van der Waals surface area contributed by atoms with Crippen LogP contribution in [0, 0.1) is 5.82 Å². The molecule has 0 fully saturated rings. The SMILES string of the molecule is O=C(Cc1ccc(Br)cn1)c1ncccc1F. The smallest absolute Gasteiger partial charge is 0.190 e. The first kappa shape index (κ1) is 11.9. The van der Waals surface area contributed by atoms with Crippen molar-refractivity contribution < 1.29 is 9.18 Å². The van der Waals surface area contributed by atoms with Crippen LogP contribution in [-0.2, 0) is 6.42 Å². The third-order valence-corrected chi connectivity index (χ3v) is 2.62. The van der Waals surface area contributed by atoms with Crippen molar-refractivity contribution in [3.05, 3.63) is 58.3 Å². The Hall–Kier alpha value is -1.62. The Balaban J connectivity index is 2.17. The van der Waals surface area contributed by atoms with Crippen molar-refractivity contribution in [2.24, 2.45) is 0 Å². The number of nitrogens with zero attached hydrogens (tertiary/aromatic N) is 2. The summed E-state index contributed by atoms with van der Waals surface area (Å²) >= 11 is 3.25. The second kappa shape index (κ2) is 5.14. The molecule has 0 aliphatic carbocycles. The molecule has 0 aliphatic rings. The van der Waals surface area contributed by atoms with Crippen LogP contribution < -0.4 is 0 Å². The lowest BCUT2D eigenvalue weighted by atomic mass is 10.1. The monoisotopic (exact) mass is 294 g/mol. The zero-order valence-corrected chi connectivity index (χ0v) is 10.3. The average Bonchev–Trinajstić information content (AvgIpc) is 2.32. The van der Waals surface area contributed by atoms with Crippen molar-refractivity contribution in [2.45, 2.75) is 6.42 Å². The van der Waals surface area contributed by atoms with Crippen molar-refractivity contribution in [1.29, 1.82) is 0 Å². The van der Waals surface area contributed by atoms with Gasteiger partial charge in [-0.25, -0.2) is 4.39 Å². The highest BCUT2D eigenvalue weighted by Gasteiger charge is 2.13. The van der Waals surface area contributed by atoms with Crippen molar-refractivity contribution in [3.8, 4) is 0 Å². The number of hydrogen-bond donors (Lipinski definition) is 0. The lowest BCUT2D eigenvalue weighted by Crippen LogP contribution is -2.09. The molecule has 0 bridgehead atoms. The summed E-state index contributed by atoms with van der Waals surface area (Å²) in [5.41, 5.74) is 0.445. The zero-order valence-electron chi connectivity index (χ0n) is 8.73. The van der Waals surface area contributed by atoms with Gasteiger partial charge in [0, 0.05) is 22.6 Å². The molecule has 0 aromatic carbocycles.